The molecule has 3 N–H and O–H groups in total. The second-order valence-corrected chi connectivity index (χ2v) is 7.11. The molecule has 142 valence electrons. The number of carbonyl (C=O) groups is 3. The predicted octanol–water partition coefficient (Wildman–Crippen LogP) is 2.81. The van der Waals surface area contributed by atoms with E-state index >= 15 is 0 Å². The zero-order valence-corrected chi connectivity index (χ0v) is 15.5. The first-order chi connectivity index (χ1) is 12.3. The highest BCUT2D eigenvalue weighted by Gasteiger charge is 2.31. The molecule has 7 nitrogen and oxygen atoms in total. The Morgan fingerprint density at radius 1 is 1.23 bits per heavy atom. The second-order valence-electron chi connectivity index (χ2n) is 6.67. The maximum absolute atomic E-state index is 12.2. The van der Waals surface area contributed by atoms with Gasteiger partial charge in [-0.1, -0.05) is 18.5 Å². The number of rotatable bonds is 6. The summed E-state index contributed by atoms with van der Waals surface area (Å²) in [5.41, 5.74) is 0.672. The number of carboxylic acids is 1. The number of benzene rings is 1. The Balaban J connectivity index is 1.68. The fourth-order valence-corrected chi connectivity index (χ4v) is 3.14. The first-order valence-corrected chi connectivity index (χ1v) is 9.04. The molecular weight excluding hydrogens is 358 g/mol. The normalized spacial score (nSPS) is 19.7. The summed E-state index contributed by atoms with van der Waals surface area (Å²) < 4.78 is 0. The van der Waals surface area contributed by atoms with E-state index < -0.39 is 11.9 Å². The minimum absolute atomic E-state index is 0.140. The monoisotopic (exact) mass is 381 g/mol. The highest BCUT2D eigenvalue weighted by atomic mass is 35.5. The number of carbonyl (C=O) groups excluding carboxylic acids is 2. The molecule has 0 spiro atoms. The molecule has 2 rings (SSSR count). The van der Waals surface area contributed by atoms with Gasteiger partial charge in [0.2, 0.25) is 5.91 Å². The van der Waals surface area contributed by atoms with E-state index in [0.717, 1.165) is 0 Å². The zero-order valence-electron chi connectivity index (χ0n) is 14.7. The number of amides is 3. The molecule has 8 heteroatoms. The Morgan fingerprint density at radius 2 is 1.92 bits per heavy atom. The summed E-state index contributed by atoms with van der Waals surface area (Å²) in [7, 11) is 0. The summed E-state index contributed by atoms with van der Waals surface area (Å²) in [4.78, 5) is 36.8. The van der Waals surface area contributed by atoms with Gasteiger partial charge in [-0.15, -0.1) is 0 Å². The molecule has 1 fully saturated rings. The molecule has 1 saturated heterocycles. The summed E-state index contributed by atoms with van der Waals surface area (Å²) in [6.45, 7) is 3.07. The highest BCUT2D eigenvalue weighted by Crippen LogP contribution is 2.21. The number of halogens is 1. The van der Waals surface area contributed by atoms with E-state index in [0.29, 0.717) is 36.6 Å². The Kier molecular flexibility index (Phi) is 7.26. The molecule has 2 unspecified atom stereocenters. The van der Waals surface area contributed by atoms with Gasteiger partial charge in [0.15, 0.2) is 0 Å². The van der Waals surface area contributed by atoms with E-state index in [-0.39, 0.29) is 30.8 Å². The van der Waals surface area contributed by atoms with Gasteiger partial charge in [0, 0.05) is 36.8 Å². The van der Waals surface area contributed by atoms with Crippen molar-refractivity contribution in [2.45, 2.75) is 26.2 Å². The molecule has 1 aliphatic heterocycles. The van der Waals surface area contributed by atoms with Crippen LogP contribution in [0.2, 0.25) is 5.02 Å². The largest absolute Gasteiger partial charge is 0.481 e. The summed E-state index contributed by atoms with van der Waals surface area (Å²) >= 11 is 5.79. The Labute approximate surface area is 157 Å². The average Bonchev–Trinajstić information content (AvgIpc) is 2.60. The third-order valence-corrected chi connectivity index (χ3v) is 4.53. The van der Waals surface area contributed by atoms with Gasteiger partial charge in [-0.2, -0.15) is 0 Å². The number of urea groups is 1. The van der Waals surface area contributed by atoms with Gasteiger partial charge in [0.1, 0.15) is 0 Å². The smallest absolute Gasteiger partial charge is 0.317 e. The molecule has 1 aliphatic rings. The third kappa shape index (κ3) is 6.22. The number of nitrogens with zero attached hydrogens (tertiary/aromatic N) is 1. The van der Waals surface area contributed by atoms with Gasteiger partial charge in [-0.3, -0.25) is 9.59 Å². The first-order valence-electron chi connectivity index (χ1n) is 8.66. The van der Waals surface area contributed by atoms with Gasteiger partial charge in [-0.25, -0.2) is 4.79 Å². The molecule has 0 aromatic heterocycles. The molecule has 1 heterocycles. The summed E-state index contributed by atoms with van der Waals surface area (Å²) in [5.74, 6) is -1.37. The minimum atomic E-state index is -0.867. The number of likely N-dealkylation sites (tertiary alicyclic amines) is 1. The van der Waals surface area contributed by atoms with Gasteiger partial charge in [0.05, 0.1) is 5.92 Å². The lowest BCUT2D eigenvalue weighted by Gasteiger charge is -2.34. The van der Waals surface area contributed by atoms with Crippen molar-refractivity contribution in [3.8, 4) is 0 Å². The second kappa shape index (κ2) is 9.43. The molecule has 0 bridgehead atoms. The van der Waals surface area contributed by atoms with Crippen LogP contribution in [-0.2, 0) is 9.59 Å². The van der Waals surface area contributed by atoms with Crippen LogP contribution in [0.5, 0.6) is 0 Å². The molecular formula is C18H24ClN3O4. The van der Waals surface area contributed by atoms with E-state index in [9.17, 15) is 14.4 Å². The van der Waals surface area contributed by atoms with Crippen LogP contribution in [-0.4, -0.2) is 47.5 Å². The predicted molar refractivity (Wildman–Crippen MR) is 99.2 cm³/mol. The number of hydrogen-bond acceptors (Lipinski definition) is 3. The topological polar surface area (TPSA) is 98.7 Å². The lowest BCUT2D eigenvalue weighted by Crippen LogP contribution is -2.49. The van der Waals surface area contributed by atoms with Crippen molar-refractivity contribution in [3.63, 3.8) is 0 Å². The summed E-state index contributed by atoms with van der Waals surface area (Å²) in [5, 5.41) is 15.3. The Hall–Kier alpha value is -2.28. The standard InChI is InChI=1S/C18H24ClN3O4/c1-12-9-13(17(24)25)11-22(10-12)18(26)20-8-2-3-16(23)21-15-6-4-14(19)5-7-15/h4-7,12-13H,2-3,8-11H2,1H3,(H,20,26)(H,21,23)(H,24,25). The maximum Gasteiger partial charge on any atom is 0.317 e. The van der Waals surface area contributed by atoms with Crippen molar-refractivity contribution in [2.24, 2.45) is 11.8 Å². The first kappa shape index (κ1) is 20.0. The molecule has 1 aromatic rings. The molecule has 0 saturated carbocycles. The van der Waals surface area contributed by atoms with Gasteiger partial charge in [0.25, 0.3) is 0 Å². The molecule has 0 aliphatic carbocycles. The van der Waals surface area contributed by atoms with Crippen LogP contribution in [0, 0.1) is 11.8 Å². The number of hydrogen-bond donors (Lipinski definition) is 3. The Morgan fingerprint density at radius 3 is 2.58 bits per heavy atom. The average molecular weight is 382 g/mol. The highest BCUT2D eigenvalue weighted by molar-refractivity contribution is 6.30. The number of piperidine rings is 1. The molecule has 26 heavy (non-hydrogen) atoms. The number of anilines is 1. The maximum atomic E-state index is 12.2. The fourth-order valence-electron chi connectivity index (χ4n) is 3.01. The lowest BCUT2D eigenvalue weighted by atomic mass is 9.91. The number of carboxylic acid groups (broad SMARTS) is 1. The van der Waals surface area contributed by atoms with Crippen molar-refractivity contribution in [2.75, 3.05) is 25.0 Å². The van der Waals surface area contributed by atoms with Crippen molar-refractivity contribution < 1.29 is 19.5 Å². The lowest BCUT2D eigenvalue weighted by molar-refractivity contribution is -0.143. The van der Waals surface area contributed by atoms with Gasteiger partial charge >= 0.3 is 12.0 Å². The van der Waals surface area contributed by atoms with Gasteiger partial charge < -0.3 is 20.6 Å². The molecule has 1 aromatic carbocycles. The van der Waals surface area contributed by atoms with E-state index in [1.165, 1.54) is 0 Å². The summed E-state index contributed by atoms with van der Waals surface area (Å²) in [6.07, 6.45) is 1.36. The van der Waals surface area contributed by atoms with E-state index in [2.05, 4.69) is 10.6 Å². The van der Waals surface area contributed by atoms with Crippen LogP contribution in [0.3, 0.4) is 0 Å². The number of nitrogens with one attached hydrogen (secondary N) is 2. The van der Waals surface area contributed by atoms with E-state index in [1.54, 1.807) is 29.2 Å². The van der Waals surface area contributed by atoms with Crippen molar-refractivity contribution in [1.29, 1.82) is 0 Å². The minimum Gasteiger partial charge on any atom is -0.481 e. The molecule has 0 radical (unpaired) electrons. The molecule has 3 amide bonds. The SMILES string of the molecule is CC1CC(C(=O)O)CN(C(=O)NCCCC(=O)Nc2ccc(Cl)cc2)C1. The van der Waals surface area contributed by atoms with Crippen LogP contribution >= 0.6 is 11.6 Å². The third-order valence-electron chi connectivity index (χ3n) is 4.28. The fraction of sp³-hybridized carbons (Fsp3) is 0.500. The van der Waals surface area contributed by atoms with E-state index in [4.69, 9.17) is 16.7 Å². The number of aliphatic carboxylic acids is 1. The molecule has 2 atom stereocenters. The van der Waals surface area contributed by atoms with Crippen LogP contribution in [0.4, 0.5) is 10.5 Å². The van der Waals surface area contributed by atoms with Crippen LogP contribution < -0.4 is 10.6 Å². The van der Waals surface area contributed by atoms with Crippen LogP contribution in [0.15, 0.2) is 24.3 Å². The van der Waals surface area contributed by atoms with Crippen molar-refractivity contribution in [1.82, 2.24) is 10.2 Å². The van der Waals surface area contributed by atoms with Crippen LogP contribution in [0.25, 0.3) is 0 Å². The zero-order chi connectivity index (χ0) is 19.1. The van der Waals surface area contributed by atoms with Gasteiger partial charge in [-0.05, 0) is 43.0 Å². The summed E-state index contributed by atoms with van der Waals surface area (Å²) in [6, 6.07) is 6.56. The quantitative estimate of drug-likeness (QED) is 0.660. The van der Waals surface area contributed by atoms with Crippen molar-refractivity contribution in [3.05, 3.63) is 29.3 Å². The van der Waals surface area contributed by atoms with Crippen LogP contribution in [0.1, 0.15) is 26.2 Å². The Bertz CT molecular complexity index is 650. The van der Waals surface area contributed by atoms with E-state index in [1.807, 2.05) is 6.92 Å². The van der Waals surface area contributed by atoms with Crippen molar-refractivity contribution >= 4 is 35.2 Å².